The summed E-state index contributed by atoms with van der Waals surface area (Å²) in [5.74, 6) is 2.04. The van der Waals surface area contributed by atoms with Gasteiger partial charge < -0.3 is 20.4 Å². The number of hydrogen-bond donors (Lipinski definition) is 2. The number of piperazine rings is 1. The Balaban J connectivity index is 0.00000280. The number of aliphatic imine (C=N–C) groups is 1. The van der Waals surface area contributed by atoms with E-state index in [0.717, 1.165) is 75.3 Å². The van der Waals surface area contributed by atoms with Crippen LogP contribution in [0.4, 0.5) is 5.13 Å². The summed E-state index contributed by atoms with van der Waals surface area (Å²) in [5, 5.41) is 7.43. The molecular weight excluding hydrogens is 489 g/mol. The zero-order valence-electron chi connectivity index (χ0n) is 16.8. The van der Waals surface area contributed by atoms with Crippen LogP contribution in [0, 0.1) is 0 Å². The number of aryl methyl sites for hydroxylation is 1. The third-order valence-electron chi connectivity index (χ3n) is 4.72. The Morgan fingerprint density at radius 2 is 2.00 bits per heavy atom. The number of nitrogens with zero attached hydrogens (tertiary/aromatic N) is 5. The van der Waals surface area contributed by atoms with E-state index >= 15 is 0 Å². The highest BCUT2D eigenvalue weighted by molar-refractivity contribution is 14.0. The molecule has 0 unspecified atom stereocenters. The van der Waals surface area contributed by atoms with Crippen molar-refractivity contribution in [3.63, 3.8) is 0 Å². The van der Waals surface area contributed by atoms with Crippen LogP contribution >= 0.6 is 35.5 Å². The van der Waals surface area contributed by atoms with E-state index in [1.54, 1.807) is 0 Å². The molecule has 0 spiro atoms. The Labute approximate surface area is 188 Å². The molecule has 1 aliphatic carbocycles. The van der Waals surface area contributed by atoms with Gasteiger partial charge in [-0.15, -0.1) is 24.0 Å². The van der Waals surface area contributed by atoms with Gasteiger partial charge in [0.25, 0.3) is 0 Å². The van der Waals surface area contributed by atoms with Crippen LogP contribution in [0.2, 0.25) is 0 Å². The van der Waals surface area contributed by atoms with E-state index in [-0.39, 0.29) is 29.9 Å². The fourth-order valence-corrected chi connectivity index (χ4v) is 3.81. The lowest BCUT2D eigenvalue weighted by Crippen LogP contribution is -2.52. The van der Waals surface area contributed by atoms with Crippen molar-refractivity contribution in [2.45, 2.75) is 52.0 Å². The van der Waals surface area contributed by atoms with Gasteiger partial charge in [0.05, 0.1) is 0 Å². The van der Waals surface area contributed by atoms with E-state index in [9.17, 15) is 4.79 Å². The van der Waals surface area contributed by atoms with Gasteiger partial charge in [0.1, 0.15) is 5.82 Å². The minimum Gasteiger partial charge on any atom is -0.357 e. The summed E-state index contributed by atoms with van der Waals surface area (Å²) >= 11 is 1.49. The van der Waals surface area contributed by atoms with E-state index in [4.69, 9.17) is 4.99 Å². The summed E-state index contributed by atoms with van der Waals surface area (Å²) in [6, 6.07) is 0.441. The van der Waals surface area contributed by atoms with E-state index in [2.05, 4.69) is 43.6 Å². The Kier molecular flexibility index (Phi) is 9.69. The molecule has 1 aromatic rings. The minimum atomic E-state index is 0. The summed E-state index contributed by atoms with van der Waals surface area (Å²) in [6.07, 6.45) is 4.50. The van der Waals surface area contributed by atoms with Crippen molar-refractivity contribution in [1.82, 2.24) is 24.9 Å². The van der Waals surface area contributed by atoms with Gasteiger partial charge in [0, 0.05) is 69.7 Å². The molecule has 0 atom stereocenters. The number of carbonyl (C=O) groups is 1. The Morgan fingerprint density at radius 3 is 2.61 bits per heavy atom. The topological polar surface area (TPSA) is 85.8 Å². The van der Waals surface area contributed by atoms with Gasteiger partial charge in [-0.05, 0) is 26.2 Å². The molecule has 0 aromatic carbocycles. The molecule has 0 radical (unpaired) electrons. The highest BCUT2D eigenvalue weighted by Crippen LogP contribution is 2.20. The molecule has 2 aliphatic rings. The predicted octanol–water partition coefficient (Wildman–Crippen LogP) is 1.86. The molecule has 1 aromatic heterocycles. The smallest absolute Gasteiger partial charge is 0.220 e. The van der Waals surface area contributed by atoms with E-state index in [1.807, 2.05) is 0 Å². The molecule has 10 heteroatoms. The molecule has 3 rings (SSSR count). The molecule has 1 aliphatic heterocycles. The first-order valence-electron chi connectivity index (χ1n) is 10.1. The van der Waals surface area contributed by atoms with Crippen LogP contribution in [0.15, 0.2) is 4.99 Å². The van der Waals surface area contributed by atoms with Crippen LogP contribution in [0.1, 0.15) is 45.4 Å². The number of hydrogen-bond acceptors (Lipinski definition) is 6. The highest BCUT2D eigenvalue weighted by atomic mass is 127. The summed E-state index contributed by atoms with van der Waals surface area (Å²) < 4.78 is 4.39. The molecule has 2 N–H and O–H groups in total. The van der Waals surface area contributed by atoms with Crippen LogP contribution in [-0.2, 0) is 11.2 Å². The second-order valence-corrected chi connectivity index (χ2v) is 7.73. The predicted molar refractivity (Wildman–Crippen MR) is 125 cm³/mol. The fourth-order valence-electron chi connectivity index (χ4n) is 3.00. The van der Waals surface area contributed by atoms with Gasteiger partial charge in [-0.1, -0.05) is 6.92 Å². The lowest BCUT2D eigenvalue weighted by atomic mass is 10.3. The number of amides is 1. The molecule has 0 bridgehead atoms. The van der Waals surface area contributed by atoms with E-state index in [1.165, 1.54) is 11.5 Å². The Hall–Kier alpha value is -1.17. The Morgan fingerprint density at radius 1 is 1.25 bits per heavy atom. The fraction of sp³-hybridized carbons (Fsp3) is 0.778. The van der Waals surface area contributed by atoms with E-state index in [0.29, 0.717) is 19.0 Å². The lowest BCUT2D eigenvalue weighted by molar-refractivity contribution is -0.121. The number of halogens is 1. The summed E-state index contributed by atoms with van der Waals surface area (Å²) in [4.78, 5) is 25.7. The van der Waals surface area contributed by atoms with Crippen LogP contribution in [-0.4, -0.2) is 71.4 Å². The third-order valence-corrected chi connectivity index (χ3v) is 5.54. The monoisotopic (exact) mass is 521 g/mol. The largest absolute Gasteiger partial charge is 0.357 e. The van der Waals surface area contributed by atoms with Gasteiger partial charge in [-0.2, -0.15) is 4.37 Å². The molecule has 2 fully saturated rings. The highest BCUT2D eigenvalue weighted by Gasteiger charge is 2.23. The number of aromatic nitrogens is 2. The maximum atomic E-state index is 11.8. The summed E-state index contributed by atoms with van der Waals surface area (Å²) in [6.45, 7) is 9.36. The van der Waals surface area contributed by atoms with Crippen LogP contribution < -0.4 is 15.5 Å². The van der Waals surface area contributed by atoms with E-state index < -0.39 is 0 Å². The van der Waals surface area contributed by atoms with Crippen molar-refractivity contribution < 1.29 is 4.79 Å². The lowest BCUT2D eigenvalue weighted by Gasteiger charge is -2.36. The van der Waals surface area contributed by atoms with Gasteiger partial charge in [-0.3, -0.25) is 9.79 Å². The van der Waals surface area contributed by atoms with Gasteiger partial charge in [-0.25, -0.2) is 4.98 Å². The molecule has 1 amide bonds. The van der Waals surface area contributed by atoms with Crippen molar-refractivity contribution in [2.24, 2.45) is 4.99 Å². The normalized spacial score (nSPS) is 17.3. The minimum absolute atomic E-state index is 0. The van der Waals surface area contributed by atoms with Crippen molar-refractivity contribution in [2.75, 3.05) is 44.2 Å². The molecule has 1 saturated carbocycles. The van der Waals surface area contributed by atoms with Gasteiger partial charge in [0.15, 0.2) is 5.96 Å². The SMILES string of the molecule is CCNC(=NCCCC(=O)NC1CC1)N1CCN(c2nc(CC)ns2)CC1.I. The molecule has 8 nitrogen and oxygen atoms in total. The maximum absolute atomic E-state index is 11.8. The van der Waals surface area contributed by atoms with Crippen LogP contribution in [0.25, 0.3) is 0 Å². The first kappa shape index (κ1) is 23.1. The van der Waals surface area contributed by atoms with Crippen LogP contribution in [0.5, 0.6) is 0 Å². The zero-order chi connectivity index (χ0) is 19.1. The van der Waals surface area contributed by atoms with Crippen molar-refractivity contribution in [3.8, 4) is 0 Å². The molecule has 158 valence electrons. The third kappa shape index (κ3) is 7.02. The second kappa shape index (κ2) is 11.7. The number of anilines is 1. The molecule has 28 heavy (non-hydrogen) atoms. The number of nitrogens with one attached hydrogen (secondary N) is 2. The molecular formula is C18H32IN7OS. The second-order valence-electron chi connectivity index (χ2n) is 7.00. The number of rotatable bonds is 8. The average Bonchev–Trinajstić information content (AvgIpc) is 3.36. The Bertz CT molecular complexity index is 642. The van der Waals surface area contributed by atoms with Crippen molar-refractivity contribution in [1.29, 1.82) is 0 Å². The summed E-state index contributed by atoms with van der Waals surface area (Å²) in [5.41, 5.74) is 0. The van der Waals surface area contributed by atoms with Gasteiger partial charge in [0.2, 0.25) is 11.0 Å². The van der Waals surface area contributed by atoms with Crippen LogP contribution in [0.3, 0.4) is 0 Å². The molecule has 2 heterocycles. The van der Waals surface area contributed by atoms with Crippen molar-refractivity contribution in [3.05, 3.63) is 5.82 Å². The van der Waals surface area contributed by atoms with Gasteiger partial charge >= 0.3 is 0 Å². The summed E-state index contributed by atoms with van der Waals surface area (Å²) in [7, 11) is 0. The number of carbonyl (C=O) groups excluding carboxylic acids is 1. The first-order valence-corrected chi connectivity index (χ1v) is 10.9. The first-order chi connectivity index (χ1) is 13.2. The maximum Gasteiger partial charge on any atom is 0.220 e. The molecule has 1 saturated heterocycles. The van der Waals surface area contributed by atoms with Crippen molar-refractivity contribution >= 4 is 52.5 Å². The quantitative estimate of drug-likeness (QED) is 0.235. The standard InChI is InChI=1S/C18H31N7OS.HI/c1-3-15-22-18(27-23-15)25-12-10-24(11-13-25)17(19-4-2)20-9-5-6-16(26)21-14-7-8-14;/h14H,3-13H2,1-2H3,(H,19,20)(H,21,26);1H. The average molecular weight is 521 g/mol. The zero-order valence-corrected chi connectivity index (χ0v) is 20.0. The number of guanidine groups is 1.